The Labute approximate surface area is 77.1 Å². The molecule has 0 saturated heterocycles. The van der Waals surface area contributed by atoms with Crippen LogP contribution in [0.3, 0.4) is 0 Å². The van der Waals surface area contributed by atoms with Crippen molar-refractivity contribution in [2.75, 3.05) is 20.7 Å². The van der Waals surface area contributed by atoms with Crippen LogP contribution in [0.5, 0.6) is 0 Å². The second kappa shape index (κ2) is 7.15. The van der Waals surface area contributed by atoms with E-state index < -0.39 is 5.97 Å². The molecule has 0 unspecified atom stereocenters. The number of carbonyl (C=O) groups excluding carboxylic acids is 2. The van der Waals surface area contributed by atoms with Crippen LogP contribution in [-0.4, -0.2) is 32.6 Å². The van der Waals surface area contributed by atoms with Gasteiger partial charge in [-0.05, 0) is 0 Å². The first-order chi connectivity index (χ1) is 6.20. The van der Waals surface area contributed by atoms with E-state index in [2.05, 4.69) is 15.4 Å². The highest BCUT2D eigenvalue weighted by Crippen LogP contribution is 1.78. The number of carbonyl (C=O) groups is 2. The summed E-state index contributed by atoms with van der Waals surface area (Å²) in [7, 11) is 2.88. The highest BCUT2D eigenvalue weighted by atomic mass is 16.5. The van der Waals surface area contributed by atoms with E-state index in [-0.39, 0.29) is 5.91 Å². The van der Waals surface area contributed by atoms with Crippen molar-refractivity contribution in [3.05, 3.63) is 12.3 Å². The molecule has 0 aliphatic heterocycles. The van der Waals surface area contributed by atoms with Crippen molar-refractivity contribution >= 4 is 11.9 Å². The van der Waals surface area contributed by atoms with Crippen LogP contribution < -0.4 is 10.6 Å². The highest BCUT2D eigenvalue weighted by molar-refractivity contribution is 5.81. The summed E-state index contributed by atoms with van der Waals surface area (Å²) >= 11 is 0. The zero-order valence-electron chi connectivity index (χ0n) is 7.79. The van der Waals surface area contributed by atoms with Crippen molar-refractivity contribution in [1.29, 1.82) is 0 Å². The van der Waals surface area contributed by atoms with Crippen molar-refractivity contribution in [2.24, 2.45) is 0 Å². The van der Waals surface area contributed by atoms with E-state index in [1.165, 1.54) is 19.4 Å². The van der Waals surface area contributed by atoms with Gasteiger partial charge in [-0.15, -0.1) is 0 Å². The lowest BCUT2D eigenvalue weighted by Crippen LogP contribution is -2.22. The Hall–Kier alpha value is -1.52. The quantitative estimate of drug-likeness (QED) is 0.342. The molecule has 0 bridgehead atoms. The second-order valence-corrected chi connectivity index (χ2v) is 2.23. The molecule has 0 radical (unpaired) electrons. The van der Waals surface area contributed by atoms with Gasteiger partial charge in [0.1, 0.15) is 0 Å². The Morgan fingerprint density at radius 1 is 1.46 bits per heavy atom. The number of hydrogen-bond acceptors (Lipinski definition) is 4. The Morgan fingerprint density at radius 3 is 2.69 bits per heavy atom. The standard InChI is InChI=1S/C8H14N2O3/c1-9-7(11)3-5-10-6-4-8(12)13-2/h4,6,10H,3,5H2,1-2H3,(H,9,11)/b6-4+. The minimum Gasteiger partial charge on any atom is -0.466 e. The summed E-state index contributed by atoms with van der Waals surface area (Å²) in [6, 6.07) is 0. The summed E-state index contributed by atoms with van der Waals surface area (Å²) in [5.74, 6) is -0.466. The van der Waals surface area contributed by atoms with Crippen LogP contribution in [0.2, 0.25) is 0 Å². The van der Waals surface area contributed by atoms with E-state index >= 15 is 0 Å². The van der Waals surface area contributed by atoms with E-state index in [0.29, 0.717) is 13.0 Å². The van der Waals surface area contributed by atoms with E-state index in [1.807, 2.05) is 0 Å². The number of methoxy groups -OCH3 is 1. The van der Waals surface area contributed by atoms with E-state index in [9.17, 15) is 9.59 Å². The number of esters is 1. The lowest BCUT2D eigenvalue weighted by Gasteiger charge is -1.99. The van der Waals surface area contributed by atoms with Crippen molar-refractivity contribution in [3.8, 4) is 0 Å². The number of hydrogen-bond donors (Lipinski definition) is 2. The third-order valence-corrected chi connectivity index (χ3v) is 1.31. The number of ether oxygens (including phenoxy) is 1. The van der Waals surface area contributed by atoms with Crippen LogP contribution >= 0.6 is 0 Å². The third-order valence-electron chi connectivity index (χ3n) is 1.31. The summed E-state index contributed by atoms with van der Waals surface area (Å²) in [6.07, 6.45) is 3.08. The van der Waals surface area contributed by atoms with Gasteiger partial charge in [-0.2, -0.15) is 0 Å². The molecule has 74 valence electrons. The molecule has 0 heterocycles. The van der Waals surface area contributed by atoms with Gasteiger partial charge in [0.15, 0.2) is 0 Å². The van der Waals surface area contributed by atoms with Crippen LogP contribution in [0, 0.1) is 0 Å². The van der Waals surface area contributed by atoms with Crippen molar-refractivity contribution in [3.63, 3.8) is 0 Å². The smallest absolute Gasteiger partial charge is 0.331 e. The Kier molecular flexibility index (Phi) is 6.31. The molecular formula is C8H14N2O3. The van der Waals surface area contributed by atoms with Crippen molar-refractivity contribution in [2.45, 2.75) is 6.42 Å². The molecule has 1 amide bonds. The molecule has 0 atom stereocenters. The molecule has 0 rings (SSSR count). The second-order valence-electron chi connectivity index (χ2n) is 2.23. The zero-order chi connectivity index (χ0) is 10.1. The lowest BCUT2D eigenvalue weighted by atomic mass is 10.4. The monoisotopic (exact) mass is 186 g/mol. The maximum atomic E-state index is 10.7. The Balaban J connectivity index is 3.40. The minimum atomic E-state index is -0.424. The fourth-order valence-electron chi connectivity index (χ4n) is 0.589. The molecule has 0 spiro atoms. The first kappa shape index (κ1) is 11.5. The highest BCUT2D eigenvalue weighted by Gasteiger charge is 1.94. The summed E-state index contributed by atoms with van der Waals surface area (Å²) < 4.78 is 4.35. The molecule has 0 aliphatic rings. The molecular weight excluding hydrogens is 172 g/mol. The SMILES string of the molecule is CNC(=O)CCN/C=C/C(=O)OC. The van der Waals surface area contributed by atoms with Gasteiger partial charge in [0.2, 0.25) is 5.91 Å². The summed E-state index contributed by atoms with van der Waals surface area (Å²) in [5, 5.41) is 5.25. The molecule has 5 heteroatoms. The third kappa shape index (κ3) is 6.86. The fourth-order valence-corrected chi connectivity index (χ4v) is 0.589. The van der Waals surface area contributed by atoms with Gasteiger partial charge in [-0.25, -0.2) is 4.79 Å². The molecule has 0 saturated carbocycles. The minimum absolute atomic E-state index is 0.0426. The Morgan fingerprint density at radius 2 is 2.15 bits per heavy atom. The molecule has 5 nitrogen and oxygen atoms in total. The van der Waals surface area contributed by atoms with E-state index in [4.69, 9.17) is 0 Å². The lowest BCUT2D eigenvalue weighted by molar-refractivity contribution is -0.134. The normalized spacial score (nSPS) is 9.69. The molecule has 0 fully saturated rings. The van der Waals surface area contributed by atoms with Crippen molar-refractivity contribution < 1.29 is 14.3 Å². The van der Waals surface area contributed by atoms with Crippen LogP contribution in [0.1, 0.15) is 6.42 Å². The van der Waals surface area contributed by atoms with Crippen LogP contribution in [0.4, 0.5) is 0 Å². The van der Waals surface area contributed by atoms with Gasteiger partial charge < -0.3 is 15.4 Å². The van der Waals surface area contributed by atoms with E-state index in [1.54, 1.807) is 7.05 Å². The predicted molar refractivity (Wildman–Crippen MR) is 47.8 cm³/mol. The maximum absolute atomic E-state index is 10.7. The van der Waals surface area contributed by atoms with Gasteiger partial charge in [0.05, 0.1) is 7.11 Å². The summed E-state index contributed by atoms with van der Waals surface area (Å²) in [4.78, 5) is 21.2. The molecule has 0 aromatic carbocycles. The van der Waals surface area contributed by atoms with Gasteiger partial charge in [0.25, 0.3) is 0 Å². The van der Waals surface area contributed by atoms with E-state index in [0.717, 1.165) is 0 Å². The predicted octanol–water partition coefficient (Wildman–Crippen LogP) is -0.601. The largest absolute Gasteiger partial charge is 0.466 e. The van der Waals surface area contributed by atoms with Crippen LogP contribution in [0.25, 0.3) is 0 Å². The Bertz CT molecular complexity index is 202. The fraction of sp³-hybridized carbons (Fsp3) is 0.500. The molecule has 0 aliphatic carbocycles. The summed E-state index contributed by atoms with van der Waals surface area (Å²) in [6.45, 7) is 0.493. The average Bonchev–Trinajstić information content (AvgIpc) is 2.16. The van der Waals surface area contributed by atoms with Gasteiger partial charge in [0, 0.05) is 32.3 Å². The molecule has 13 heavy (non-hydrogen) atoms. The molecule has 0 aromatic rings. The number of nitrogens with one attached hydrogen (secondary N) is 2. The topological polar surface area (TPSA) is 67.4 Å². The first-order valence-corrected chi connectivity index (χ1v) is 3.89. The zero-order valence-corrected chi connectivity index (χ0v) is 7.79. The van der Waals surface area contributed by atoms with Crippen molar-refractivity contribution in [1.82, 2.24) is 10.6 Å². The first-order valence-electron chi connectivity index (χ1n) is 3.89. The molecule has 2 N–H and O–H groups in total. The van der Waals surface area contributed by atoms with Crippen LogP contribution in [-0.2, 0) is 14.3 Å². The van der Waals surface area contributed by atoms with Gasteiger partial charge >= 0.3 is 5.97 Å². The average molecular weight is 186 g/mol. The van der Waals surface area contributed by atoms with Crippen LogP contribution in [0.15, 0.2) is 12.3 Å². The number of rotatable bonds is 5. The maximum Gasteiger partial charge on any atom is 0.331 e. The molecule has 0 aromatic heterocycles. The van der Waals surface area contributed by atoms with Gasteiger partial charge in [-0.1, -0.05) is 0 Å². The summed E-state index contributed by atoms with van der Waals surface area (Å²) in [5.41, 5.74) is 0. The number of amides is 1. The van der Waals surface area contributed by atoms with Gasteiger partial charge in [-0.3, -0.25) is 4.79 Å².